The number of carbonyl (C=O) groups excluding carboxylic acids is 1. The summed E-state index contributed by atoms with van der Waals surface area (Å²) in [5, 5.41) is 14.2. The molecule has 0 bridgehead atoms. The molecule has 0 saturated carbocycles. The molecule has 0 aliphatic carbocycles. The summed E-state index contributed by atoms with van der Waals surface area (Å²) >= 11 is 4.61. The van der Waals surface area contributed by atoms with Crippen molar-refractivity contribution in [1.29, 1.82) is 5.26 Å². The second kappa shape index (κ2) is 7.20. The first kappa shape index (κ1) is 16.2. The van der Waals surface area contributed by atoms with Crippen molar-refractivity contribution in [3.05, 3.63) is 42.0 Å². The molecule has 0 heterocycles. The molecule has 0 unspecified atom stereocenters. The Morgan fingerprint density at radius 3 is 2.52 bits per heavy atom. The fraction of sp³-hybridized carbons (Fsp3) is 0.0667. The van der Waals surface area contributed by atoms with Crippen molar-refractivity contribution < 1.29 is 9.53 Å². The average Bonchev–Trinajstić information content (AvgIpc) is 2.56. The number of carbonyl (C=O) groups is 1. The van der Waals surface area contributed by atoms with Gasteiger partial charge < -0.3 is 21.1 Å². The number of urea groups is 1. The van der Waals surface area contributed by atoms with Gasteiger partial charge in [-0.1, -0.05) is 0 Å². The Bertz CT molecular complexity index is 801. The minimum atomic E-state index is -0.461. The molecule has 2 aromatic rings. The maximum atomic E-state index is 12.0. The minimum Gasteiger partial charge on any atom is -0.495 e. The summed E-state index contributed by atoms with van der Waals surface area (Å²) in [6.45, 7) is 0. The van der Waals surface area contributed by atoms with E-state index in [-0.39, 0.29) is 0 Å². The van der Waals surface area contributed by atoms with Crippen LogP contribution in [0.25, 0.3) is 0 Å². The van der Waals surface area contributed by atoms with Gasteiger partial charge in [-0.3, -0.25) is 0 Å². The highest BCUT2D eigenvalue weighted by Gasteiger charge is 2.08. The van der Waals surface area contributed by atoms with Gasteiger partial charge in [0.05, 0.1) is 18.4 Å². The highest BCUT2D eigenvalue weighted by atomic mass is 32.1. The highest BCUT2D eigenvalue weighted by molar-refractivity contribution is 7.47. The molecule has 4 N–H and O–H groups in total. The summed E-state index contributed by atoms with van der Waals surface area (Å²) in [5.41, 5.74) is 7.90. The molecular weight excluding hydrogens is 314 g/mol. The van der Waals surface area contributed by atoms with Crippen molar-refractivity contribution in [2.75, 3.05) is 23.5 Å². The Labute approximate surface area is 138 Å². The molecule has 0 spiro atoms. The lowest BCUT2D eigenvalue weighted by atomic mass is 10.2. The highest BCUT2D eigenvalue weighted by Crippen LogP contribution is 2.26. The van der Waals surface area contributed by atoms with Crippen molar-refractivity contribution in [2.45, 2.75) is 0 Å². The zero-order valence-corrected chi connectivity index (χ0v) is 13.0. The normalized spacial score (nSPS) is 9.57. The van der Waals surface area contributed by atoms with Crippen molar-refractivity contribution in [1.82, 2.24) is 0 Å². The number of nitriles is 1. The van der Waals surface area contributed by atoms with E-state index in [1.54, 1.807) is 36.4 Å². The average molecular weight is 327 g/mol. The van der Waals surface area contributed by atoms with Crippen LogP contribution in [0.5, 0.6) is 5.75 Å². The second-order valence-electron chi connectivity index (χ2n) is 4.47. The van der Waals surface area contributed by atoms with Gasteiger partial charge in [-0.05, 0) is 30.3 Å². The first-order valence-electron chi connectivity index (χ1n) is 6.46. The zero-order valence-electron chi connectivity index (χ0n) is 12.2. The van der Waals surface area contributed by atoms with E-state index in [0.29, 0.717) is 34.1 Å². The molecule has 0 fully saturated rings. The van der Waals surface area contributed by atoms with E-state index in [1.165, 1.54) is 7.11 Å². The number of nitrogens with one attached hydrogen (secondary N) is 2. The molecule has 0 radical (unpaired) electrons. The fourth-order valence-corrected chi connectivity index (χ4v) is 2.01. The molecule has 23 heavy (non-hydrogen) atoms. The van der Waals surface area contributed by atoms with Crippen LogP contribution in [0.3, 0.4) is 0 Å². The van der Waals surface area contributed by atoms with Crippen LogP contribution in [-0.4, -0.2) is 13.1 Å². The van der Waals surface area contributed by atoms with Crippen LogP contribution in [0.1, 0.15) is 5.56 Å². The van der Waals surface area contributed by atoms with Crippen LogP contribution in [0.4, 0.5) is 27.5 Å². The molecule has 7 nitrogen and oxygen atoms in total. The molecule has 8 heteroatoms. The topological polar surface area (TPSA) is 113 Å². The first-order valence-corrected chi connectivity index (χ1v) is 6.83. The number of amides is 2. The maximum absolute atomic E-state index is 12.0. The van der Waals surface area contributed by atoms with E-state index in [9.17, 15) is 4.79 Å². The van der Waals surface area contributed by atoms with E-state index in [0.717, 1.165) is 0 Å². The van der Waals surface area contributed by atoms with Crippen LogP contribution < -0.4 is 21.1 Å². The SMILES string of the molecule is COc1cc(NC(=O)Nc2ccc(N)c(N=S)c2)ccc1C#N. The van der Waals surface area contributed by atoms with Crippen molar-refractivity contribution in [3.8, 4) is 11.8 Å². The number of methoxy groups -OCH3 is 1. The van der Waals surface area contributed by atoms with E-state index < -0.39 is 6.03 Å². The Morgan fingerprint density at radius 2 is 1.91 bits per heavy atom. The standard InChI is InChI=1S/C15H13N5O2S/c1-22-14-7-11(3-2-9(14)8-16)19-15(21)18-10-4-5-12(17)13(6-10)20-23/h2-7H,17H2,1H3,(H2,18,19,21). The van der Waals surface area contributed by atoms with Gasteiger partial charge in [0.15, 0.2) is 0 Å². The van der Waals surface area contributed by atoms with E-state index in [2.05, 4.69) is 27.4 Å². The summed E-state index contributed by atoms with van der Waals surface area (Å²) in [6, 6.07) is 11.1. The molecular formula is C15H13N5O2S. The van der Waals surface area contributed by atoms with Gasteiger partial charge in [0.2, 0.25) is 0 Å². The van der Waals surface area contributed by atoms with E-state index in [1.807, 2.05) is 6.07 Å². The monoisotopic (exact) mass is 327 g/mol. The third kappa shape index (κ3) is 3.93. The van der Waals surface area contributed by atoms with Crippen molar-refractivity contribution in [3.63, 3.8) is 0 Å². The number of hydrogen-bond acceptors (Lipinski definition) is 6. The lowest BCUT2D eigenvalue weighted by Gasteiger charge is -2.10. The lowest BCUT2D eigenvalue weighted by Crippen LogP contribution is -2.19. The van der Waals surface area contributed by atoms with Gasteiger partial charge in [0, 0.05) is 29.9 Å². The van der Waals surface area contributed by atoms with Crippen LogP contribution >= 0.6 is 0 Å². The molecule has 2 aromatic carbocycles. The molecule has 2 rings (SSSR count). The molecule has 2 amide bonds. The number of nitrogens with two attached hydrogens (primary N) is 1. The predicted octanol–water partition coefficient (Wildman–Crippen LogP) is 3.16. The Kier molecular flexibility index (Phi) is 5.07. The Balaban J connectivity index is 2.11. The molecule has 0 saturated heterocycles. The van der Waals surface area contributed by atoms with Gasteiger partial charge >= 0.3 is 6.03 Å². The zero-order chi connectivity index (χ0) is 16.8. The van der Waals surface area contributed by atoms with Gasteiger partial charge in [-0.15, -0.1) is 0 Å². The Hall–Kier alpha value is -3.18. The van der Waals surface area contributed by atoms with Crippen LogP contribution in [-0.2, 0) is 12.4 Å². The number of anilines is 3. The summed E-state index contributed by atoms with van der Waals surface area (Å²) in [7, 11) is 1.45. The smallest absolute Gasteiger partial charge is 0.323 e. The molecule has 0 aliphatic rings. The van der Waals surface area contributed by atoms with Gasteiger partial charge in [0.25, 0.3) is 0 Å². The molecule has 0 atom stereocenters. The predicted molar refractivity (Wildman–Crippen MR) is 90.7 cm³/mol. The third-order valence-corrected chi connectivity index (χ3v) is 3.16. The largest absolute Gasteiger partial charge is 0.495 e. The van der Waals surface area contributed by atoms with E-state index in [4.69, 9.17) is 15.7 Å². The van der Waals surface area contributed by atoms with E-state index >= 15 is 0 Å². The van der Waals surface area contributed by atoms with Crippen molar-refractivity contribution >= 4 is 41.2 Å². The van der Waals surface area contributed by atoms with Crippen LogP contribution in [0.2, 0.25) is 0 Å². The molecule has 0 aromatic heterocycles. The number of nitrogens with zero attached hydrogens (tertiary/aromatic N) is 2. The van der Waals surface area contributed by atoms with Crippen molar-refractivity contribution in [2.24, 2.45) is 4.36 Å². The quantitative estimate of drug-likeness (QED) is 0.747. The van der Waals surface area contributed by atoms with Gasteiger partial charge in [0.1, 0.15) is 17.5 Å². The maximum Gasteiger partial charge on any atom is 0.323 e. The lowest BCUT2D eigenvalue weighted by molar-refractivity contribution is 0.262. The molecule has 0 aliphatic heterocycles. The number of nitrogen functional groups attached to an aromatic ring is 1. The second-order valence-corrected chi connectivity index (χ2v) is 4.65. The van der Waals surface area contributed by atoms with Gasteiger partial charge in [-0.2, -0.15) is 9.62 Å². The summed E-state index contributed by atoms with van der Waals surface area (Å²) in [5.74, 6) is 0.380. The number of rotatable bonds is 4. The van der Waals surface area contributed by atoms with Crippen LogP contribution in [0.15, 0.2) is 40.8 Å². The summed E-state index contributed by atoms with van der Waals surface area (Å²) < 4.78 is 8.69. The van der Waals surface area contributed by atoms with Gasteiger partial charge in [-0.25, -0.2) is 4.79 Å². The molecule has 116 valence electrons. The minimum absolute atomic E-state index is 0.380. The number of hydrogen-bond donors (Lipinski definition) is 3. The summed E-state index contributed by atoms with van der Waals surface area (Å²) in [4.78, 5) is 12.0. The first-order chi connectivity index (χ1) is 11.1. The fourth-order valence-electron chi connectivity index (χ4n) is 1.86. The number of ether oxygens (including phenoxy) is 1. The number of benzene rings is 2. The van der Waals surface area contributed by atoms with Crippen LogP contribution in [0, 0.1) is 11.3 Å². The Morgan fingerprint density at radius 1 is 1.26 bits per heavy atom. The third-order valence-electron chi connectivity index (χ3n) is 2.97. The summed E-state index contributed by atoms with van der Waals surface area (Å²) in [6.07, 6.45) is 0.